The molecule has 1 N–H and O–H groups in total. The topological polar surface area (TPSA) is 37.4 Å². The third-order valence-electron chi connectivity index (χ3n) is 4.05. The van der Waals surface area contributed by atoms with E-state index in [0.717, 1.165) is 43.6 Å². The summed E-state index contributed by atoms with van der Waals surface area (Å²) >= 11 is 0.660. The summed E-state index contributed by atoms with van der Waals surface area (Å²) in [6.45, 7) is 1.70. The summed E-state index contributed by atoms with van der Waals surface area (Å²) in [5.41, 5.74) is 1.13. The molecule has 2 heterocycles. The van der Waals surface area contributed by atoms with Crippen molar-refractivity contribution >= 4 is 22.2 Å². The highest BCUT2D eigenvalue weighted by atomic mass is 32.1. The van der Waals surface area contributed by atoms with E-state index in [2.05, 4.69) is 15.2 Å². The highest BCUT2D eigenvalue weighted by molar-refractivity contribution is 7.15. The van der Waals surface area contributed by atoms with Crippen molar-refractivity contribution in [2.45, 2.75) is 25.1 Å². The second-order valence-electron chi connectivity index (χ2n) is 5.63. The van der Waals surface area contributed by atoms with Crippen molar-refractivity contribution in [2.24, 2.45) is 0 Å². The highest BCUT2D eigenvalue weighted by Crippen LogP contribution is 2.35. The number of anilines is 2. The van der Waals surface area contributed by atoms with Crippen molar-refractivity contribution in [3.63, 3.8) is 0 Å². The van der Waals surface area contributed by atoms with Crippen LogP contribution in [-0.2, 0) is 6.18 Å². The number of piperidine rings is 1. The predicted octanol–water partition coefficient (Wildman–Crippen LogP) is 4.25. The van der Waals surface area contributed by atoms with Crippen molar-refractivity contribution in [3.8, 4) is 5.75 Å². The quantitative estimate of drug-likeness (QED) is 0.888. The molecule has 1 saturated heterocycles. The van der Waals surface area contributed by atoms with Gasteiger partial charge < -0.3 is 15.0 Å². The normalized spacial score (nSPS) is 16.2. The molecule has 2 aromatic rings. The van der Waals surface area contributed by atoms with Gasteiger partial charge in [-0.1, -0.05) is 11.3 Å². The van der Waals surface area contributed by atoms with Crippen LogP contribution in [0, 0.1) is 0 Å². The first-order chi connectivity index (χ1) is 11.5. The molecule has 1 fully saturated rings. The van der Waals surface area contributed by atoms with Crippen molar-refractivity contribution in [1.29, 1.82) is 0 Å². The van der Waals surface area contributed by atoms with E-state index in [1.807, 2.05) is 24.3 Å². The zero-order chi connectivity index (χ0) is 17.2. The molecule has 1 aromatic heterocycles. The lowest BCUT2D eigenvalue weighted by Crippen LogP contribution is -2.39. The van der Waals surface area contributed by atoms with Crippen LogP contribution in [0.4, 0.5) is 24.0 Å². The van der Waals surface area contributed by atoms with Crippen LogP contribution in [0.1, 0.15) is 17.7 Å². The first-order valence-corrected chi connectivity index (χ1v) is 8.46. The molecule has 0 radical (unpaired) electrons. The number of ether oxygens (including phenoxy) is 1. The number of methoxy groups -OCH3 is 1. The number of aromatic nitrogens is 1. The van der Waals surface area contributed by atoms with Gasteiger partial charge in [-0.05, 0) is 37.1 Å². The smallest absolute Gasteiger partial charge is 0.427 e. The van der Waals surface area contributed by atoms with E-state index in [1.54, 1.807) is 7.11 Å². The molecule has 0 aliphatic carbocycles. The standard InChI is InChI=1S/C16H18F3N3OS/c1-23-13-4-2-12(3-5-13)22-8-6-11(7-9-22)21-15-20-10-14(24-15)16(17,18)19/h2-5,10-11H,6-9H2,1H3,(H,20,21). The molecule has 3 rings (SSSR count). The van der Waals surface area contributed by atoms with Crippen LogP contribution in [0.15, 0.2) is 30.5 Å². The van der Waals surface area contributed by atoms with Gasteiger partial charge in [0.05, 0.1) is 13.3 Å². The minimum Gasteiger partial charge on any atom is -0.497 e. The van der Waals surface area contributed by atoms with Crippen LogP contribution in [0.3, 0.4) is 0 Å². The van der Waals surface area contributed by atoms with Crippen molar-refractivity contribution in [3.05, 3.63) is 35.3 Å². The van der Waals surface area contributed by atoms with Gasteiger partial charge in [0.1, 0.15) is 10.6 Å². The maximum absolute atomic E-state index is 12.6. The number of alkyl halides is 3. The highest BCUT2D eigenvalue weighted by Gasteiger charge is 2.33. The van der Waals surface area contributed by atoms with Crippen LogP contribution in [0.5, 0.6) is 5.75 Å². The number of nitrogens with one attached hydrogen (secondary N) is 1. The fourth-order valence-electron chi connectivity index (χ4n) is 2.72. The summed E-state index contributed by atoms with van der Waals surface area (Å²) < 4.78 is 43.0. The Morgan fingerprint density at radius 1 is 1.21 bits per heavy atom. The molecule has 0 bridgehead atoms. The largest absolute Gasteiger partial charge is 0.497 e. The van der Waals surface area contributed by atoms with E-state index < -0.39 is 11.1 Å². The van der Waals surface area contributed by atoms with Gasteiger partial charge in [-0.25, -0.2) is 4.98 Å². The Balaban J connectivity index is 1.54. The third-order valence-corrected chi connectivity index (χ3v) is 5.02. The fourth-order valence-corrected chi connectivity index (χ4v) is 3.48. The lowest BCUT2D eigenvalue weighted by atomic mass is 10.0. The van der Waals surface area contributed by atoms with E-state index in [9.17, 15) is 13.2 Å². The molecule has 24 heavy (non-hydrogen) atoms. The fraction of sp³-hybridized carbons (Fsp3) is 0.438. The minimum atomic E-state index is -4.32. The van der Waals surface area contributed by atoms with Gasteiger partial charge in [-0.2, -0.15) is 13.2 Å². The van der Waals surface area contributed by atoms with Gasteiger partial charge in [0.2, 0.25) is 0 Å². The molecular formula is C16H18F3N3OS. The summed E-state index contributed by atoms with van der Waals surface area (Å²) in [7, 11) is 1.63. The van der Waals surface area contributed by atoms with Crippen LogP contribution >= 0.6 is 11.3 Å². The number of hydrogen-bond acceptors (Lipinski definition) is 5. The van der Waals surface area contributed by atoms with Gasteiger partial charge in [0.25, 0.3) is 0 Å². The van der Waals surface area contributed by atoms with E-state index in [0.29, 0.717) is 16.5 Å². The van der Waals surface area contributed by atoms with Crippen molar-refractivity contribution < 1.29 is 17.9 Å². The SMILES string of the molecule is COc1ccc(N2CCC(Nc3ncc(C(F)(F)F)s3)CC2)cc1. The Morgan fingerprint density at radius 3 is 2.42 bits per heavy atom. The minimum absolute atomic E-state index is 0.145. The van der Waals surface area contributed by atoms with Crippen LogP contribution in [-0.4, -0.2) is 31.2 Å². The number of halogens is 3. The number of nitrogens with zero attached hydrogens (tertiary/aromatic N) is 2. The van der Waals surface area contributed by atoms with Gasteiger partial charge in [-0.15, -0.1) is 0 Å². The summed E-state index contributed by atoms with van der Waals surface area (Å²) in [6.07, 6.45) is -1.73. The second kappa shape index (κ2) is 6.88. The molecular weight excluding hydrogens is 339 g/mol. The zero-order valence-corrected chi connectivity index (χ0v) is 14.0. The molecule has 0 saturated carbocycles. The van der Waals surface area contributed by atoms with E-state index in [4.69, 9.17) is 4.74 Å². The van der Waals surface area contributed by atoms with Crippen LogP contribution in [0.25, 0.3) is 0 Å². The monoisotopic (exact) mass is 357 g/mol. The van der Waals surface area contributed by atoms with Gasteiger partial charge in [0, 0.05) is 24.8 Å². The van der Waals surface area contributed by atoms with Gasteiger partial charge in [-0.3, -0.25) is 0 Å². The third kappa shape index (κ3) is 3.92. The second-order valence-corrected chi connectivity index (χ2v) is 6.66. The molecule has 130 valence electrons. The van der Waals surface area contributed by atoms with E-state index >= 15 is 0 Å². The van der Waals surface area contributed by atoms with Gasteiger partial charge in [0.15, 0.2) is 5.13 Å². The first-order valence-electron chi connectivity index (χ1n) is 7.64. The van der Waals surface area contributed by atoms with Gasteiger partial charge >= 0.3 is 6.18 Å². The Hall–Kier alpha value is -1.96. The zero-order valence-electron chi connectivity index (χ0n) is 13.1. The molecule has 0 amide bonds. The van der Waals surface area contributed by atoms with Crippen molar-refractivity contribution in [1.82, 2.24) is 4.98 Å². The maximum Gasteiger partial charge on any atom is 0.427 e. The van der Waals surface area contributed by atoms with Crippen LogP contribution in [0.2, 0.25) is 0 Å². The number of thiazole rings is 1. The average molecular weight is 357 g/mol. The Kier molecular flexibility index (Phi) is 4.84. The number of hydrogen-bond donors (Lipinski definition) is 1. The Bertz CT molecular complexity index is 664. The summed E-state index contributed by atoms with van der Waals surface area (Å²) in [4.78, 5) is 5.43. The summed E-state index contributed by atoms with van der Waals surface area (Å²) in [5, 5.41) is 3.46. The summed E-state index contributed by atoms with van der Waals surface area (Å²) in [6, 6.07) is 8.03. The Morgan fingerprint density at radius 2 is 1.88 bits per heavy atom. The van der Waals surface area contributed by atoms with E-state index in [1.165, 1.54) is 0 Å². The lowest BCUT2D eigenvalue weighted by Gasteiger charge is -2.34. The maximum atomic E-state index is 12.6. The summed E-state index contributed by atoms with van der Waals surface area (Å²) in [5.74, 6) is 0.819. The molecule has 0 spiro atoms. The molecule has 0 unspecified atom stereocenters. The van der Waals surface area contributed by atoms with Crippen molar-refractivity contribution in [2.75, 3.05) is 30.4 Å². The molecule has 1 aliphatic heterocycles. The molecule has 8 heteroatoms. The van der Waals surface area contributed by atoms with Crippen LogP contribution < -0.4 is 15.0 Å². The predicted molar refractivity (Wildman–Crippen MR) is 89.0 cm³/mol. The van der Waals surface area contributed by atoms with E-state index in [-0.39, 0.29) is 6.04 Å². The average Bonchev–Trinajstić information content (AvgIpc) is 3.05. The Labute approximate surface area is 142 Å². The molecule has 1 aliphatic rings. The lowest BCUT2D eigenvalue weighted by molar-refractivity contribution is -0.134. The number of benzene rings is 1. The number of rotatable bonds is 4. The first kappa shape index (κ1) is 16.9. The molecule has 4 nitrogen and oxygen atoms in total. The molecule has 1 aromatic carbocycles. The molecule has 0 atom stereocenters.